The Balaban J connectivity index is 1.81. The van der Waals surface area contributed by atoms with Crippen LogP contribution in [0.3, 0.4) is 0 Å². The number of hydrogen-bond donors (Lipinski definition) is 1. The van der Waals surface area contributed by atoms with E-state index < -0.39 is 5.79 Å². The zero-order valence-corrected chi connectivity index (χ0v) is 11.0. The van der Waals surface area contributed by atoms with E-state index >= 15 is 0 Å². The minimum Gasteiger partial charge on any atom is -0.463 e. The average Bonchev–Trinajstić information content (AvgIpc) is 2.70. The summed E-state index contributed by atoms with van der Waals surface area (Å²) in [7, 11) is 0. The van der Waals surface area contributed by atoms with Crippen molar-refractivity contribution in [3.8, 4) is 0 Å². The van der Waals surface area contributed by atoms with Gasteiger partial charge in [-0.2, -0.15) is 0 Å². The number of carbonyl (C=O) groups excluding carboxylic acids is 1. The lowest BCUT2D eigenvalue weighted by atomic mass is 10.2. The van der Waals surface area contributed by atoms with Gasteiger partial charge in [-0.05, 0) is 20.3 Å². The minimum atomic E-state index is -0.606. The maximum Gasteiger partial charge on any atom is 0.302 e. The molecule has 0 amide bonds. The smallest absolute Gasteiger partial charge is 0.302 e. The van der Waals surface area contributed by atoms with Gasteiger partial charge in [-0.1, -0.05) is 0 Å². The lowest BCUT2D eigenvalue weighted by Crippen LogP contribution is -2.35. The second-order valence-corrected chi connectivity index (χ2v) is 5.21. The summed E-state index contributed by atoms with van der Waals surface area (Å²) < 4.78 is 22.0. The summed E-state index contributed by atoms with van der Waals surface area (Å²) in [6.45, 7) is 5.71. The van der Waals surface area contributed by atoms with E-state index in [1.165, 1.54) is 6.92 Å². The molecule has 0 aromatic heterocycles. The summed E-state index contributed by atoms with van der Waals surface area (Å²) in [6, 6.07) is -0.0736. The van der Waals surface area contributed by atoms with E-state index in [1.807, 2.05) is 13.8 Å². The minimum absolute atomic E-state index is 0.0736. The Hall–Kier alpha value is -0.690. The predicted molar refractivity (Wildman–Crippen MR) is 62.8 cm³/mol. The fourth-order valence-corrected chi connectivity index (χ4v) is 2.52. The number of ether oxygens (including phenoxy) is 4. The van der Waals surface area contributed by atoms with Gasteiger partial charge < -0.3 is 24.7 Å². The van der Waals surface area contributed by atoms with Crippen molar-refractivity contribution in [3.63, 3.8) is 0 Å². The molecule has 0 aromatic carbocycles. The van der Waals surface area contributed by atoms with Crippen LogP contribution in [0.2, 0.25) is 0 Å². The number of carbonyl (C=O) groups is 1. The van der Waals surface area contributed by atoms with E-state index in [9.17, 15) is 4.79 Å². The highest BCUT2D eigenvalue weighted by Gasteiger charge is 2.53. The van der Waals surface area contributed by atoms with Gasteiger partial charge in [0.05, 0.1) is 12.7 Å². The molecule has 0 spiro atoms. The number of esters is 1. The number of hydrogen-bond acceptors (Lipinski definition) is 6. The molecule has 1 saturated heterocycles. The van der Waals surface area contributed by atoms with E-state index in [0.717, 1.165) is 0 Å². The maximum absolute atomic E-state index is 10.6. The van der Waals surface area contributed by atoms with Gasteiger partial charge in [0.15, 0.2) is 5.79 Å². The molecular formula is C12H21NO5. The summed E-state index contributed by atoms with van der Waals surface area (Å²) in [4.78, 5) is 10.6. The molecule has 2 aliphatic rings. The van der Waals surface area contributed by atoms with Crippen LogP contribution in [0.1, 0.15) is 27.2 Å². The van der Waals surface area contributed by atoms with E-state index in [1.54, 1.807) is 0 Å². The largest absolute Gasteiger partial charge is 0.463 e. The van der Waals surface area contributed by atoms with Crippen molar-refractivity contribution in [1.82, 2.24) is 0 Å². The van der Waals surface area contributed by atoms with Crippen molar-refractivity contribution in [2.45, 2.75) is 57.3 Å². The highest BCUT2D eigenvalue weighted by Crippen LogP contribution is 2.38. The van der Waals surface area contributed by atoms with Crippen molar-refractivity contribution in [3.05, 3.63) is 0 Å². The molecule has 2 rings (SSSR count). The first-order valence-electron chi connectivity index (χ1n) is 6.25. The highest BCUT2D eigenvalue weighted by molar-refractivity contribution is 5.65. The maximum atomic E-state index is 10.6. The van der Waals surface area contributed by atoms with Gasteiger partial charge in [0.1, 0.15) is 18.8 Å². The van der Waals surface area contributed by atoms with Gasteiger partial charge in [-0.25, -0.2) is 0 Å². The first kappa shape index (κ1) is 13.7. The van der Waals surface area contributed by atoms with Crippen LogP contribution < -0.4 is 5.73 Å². The van der Waals surface area contributed by atoms with Crippen molar-refractivity contribution in [2.75, 3.05) is 13.2 Å². The monoisotopic (exact) mass is 259 g/mol. The van der Waals surface area contributed by atoms with Gasteiger partial charge in [0, 0.05) is 13.0 Å². The Labute approximate surface area is 107 Å². The van der Waals surface area contributed by atoms with Crippen LogP contribution in [0.5, 0.6) is 0 Å². The number of fused-ring (bicyclic) bond motifs is 1. The van der Waals surface area contributed by atoms with Crippen LogP contribution in [-0.4, -0.2) is 49.3 Å². The Bertz CT molecular complexity index is 320. The Morgan fingerprint density at radius 1 is 1.33 bits per heavy atom. The fraction of sp³-hybridized carbons (Fsp3) is 0.917. The van der Waals surface area contributed by atoms with E-state index in [0.29, 0.717) is 13.0 Å². The lowest BCUT2D eigenvalue weighted by Gasteiger charge is -2.22. The fourth-order valence-electron chi connectivity index (χ4n) is 2.52. The molecule has 1 aliphatic carbocycles. The summed E-state index contributed by atoms with van der Waals surface area (Å²) in [5.41, 5.74) is 6.01. The average molecular weight is 259 g/mol. The van der Waals surface area contributed by atoms with Crippen molar-refractivity contribution in [1.29, 1.82) is 0 Å². The molecule has 1 aliphatic heterocycles. The third-order valence-corrected chi connectivity index (χ3v) is 3.18. The second kappa shape index (κ2) is 5.13. The van der Waals surface area contributed by atoms with Gasteiger partial charge >= 0.3 is 5.97 Å². The third kappa shape index (κ3) is 3.00. The third-order valence-electron chi connectivity index (χ3n) is 3.18. The molecule has 4 atom stereocenters. The van der Waals surface area contributed by atoms with Crippen LogP contribution in [0.15, 0.2) is 0 Å². The zero-order chi connectivity index (χ0) is 13.3. The first-order valence-corrected chi connectivity index (χ1v) is 6.25. The van der Waals surface area contributed by atoms with Crippen LogP contribution in [-0.2, 0) is 23.7 Å². The van der Waals surface area contributed by atoms with Crippen molar-refractivity contribution < 1.29 is 23.7 Å². The normalized spacial score (nSPS) is 37.6. The van der Waals surface area contributed by atoms with Crippen LogP contribution in [0.4, 0.5) is 0 Å². The SMILES string of the molecule is CC(=O)OCCOC1CC(N)C2OC(C)(C)OC12. The first-order chi connectivity index (χ1) is 8.39. The predicted octanol–water partition coefficient (Wildman–Crippen LogP) is 0.186. The standard InChI is InChI=1S/C12H21NO5/c1-7(14)15-4-5-16-9-6-8(13)10-11(9)18-12(2,3)17-10/h8-11H,4-6,13H2,1-3H3. The van der Waals surface area contributed by atoms with Crippen LogP contribution >= 0.6 is 0 Å². The second-order valence-electron chi connectivity index (χ2n) is 5.21. The topological polar surface area (TPSA) is 80.0 Å². The summed E-state index contributed by atoms with van der Waals surface area (Å²) in [5, 5.41) is 0. The molecule has 2 fully saturated rings. The Kier molecular flexibility index (Phi) is 3.91. The van der Waals surface area contributed by atoms with Crippen molar-refractivity contribution in [2.24, 2.45) is 5.73 Å². The highest BCUT2D eigenvalue weighted by atomic mass is 16.8. The Morgan fingerprint density at radius 3 is 2.67 bits per heavy atom. The Morgan fingerprint density at radius 2 is 2.00 bits per heavy atom. The molecule has 6 heteroatoms. The molecule has 104 valence electrons. The van der Waals surface area contributed by atoms with Gasteiger partial charge in [0.2, 0.25) is 0 Å². The van der Waals surface area contributed by atoms with Crippen molar-refractivity contribution >= 4 is 5.97 Å². The molecule has 18 heavy (non-hydrogen) atoms. The molecule has 6 nitrogen and oxygen atoms in total. The van der Waals surface area contributed by atoms with E-state index in [4.69, 9.17) is 24.7 Å². The molecule has 0 bridgehead atoms. The molecule has 1 saturated carbocycles. The number of rotatable bonds is 4. The molecule has 2 N–H and O–H groups in total. The van der Waals surface area contributed by atoms with Gasteiger partial charge in [0.25, 0.3) is 0 Å². The lowest BCUT2D eigenvalue weighted by molar-refractivity contribution is -0.169. The number of nitrogens with two attached hydrogens (primary N) is 1. The summed E-state index contributed by atoms with van der Waals surface area (Å²) in [6.07, 6.45) is 0.360. The summed E-state index contributed by atoms with van der Waals surface area (Å²) in [5.74, 6) is -0.911. The molecule has 4 unspecified atom stereocenters. The molecular weight excluding hydrogens is 238 g/mol. The van der Waals surface area contributed by atoms with E-state index in [2.05, 4.69) is 0 Å². The quantitative estimate of drug-likeness (QED) is 0.573. The van der Waals surface area contributed by atoms with Gasteiger partial charge in [-0.3, -0.25) is 4.79 Å². The van der Waals surface area contributed by atoms with Crippen LogP contribution in [0, 0.1) is 0 Å². The van der Waals surface area contributed by atoms with Gasteiger partial charge in [-0.15, -0.1) is 0 Å². The summed E-state index contributed by atoms with van der Waals surface area (Å²) >= 11 is 0. The van der Waals surface area contributed by atoms with E-state index in [-0.39, 0.29) is 36.9 Å². The van der Waals surface area contributed by atoms with Crippen LogP contribution in [0.25, 0.3) is 0 Å². The molecule has 0 radical (unpaired) electrons. The molecule has 0 aromatic rings. The molecule has 1 heterocycles. The zero-order valence-electron chi connectivity index (χ0n) is 11.0.